The Bertz CT molecular complexity index is 1170. The Morgan fingerprint density at radius 3 is 2.35 bits per heavy atom. The molecule has 2 aromatic rings. The molecule has 0 spiro atoms. The Kier molecular flexibility index (Phi) is 7.29. The molecule has 2 amide bonds. The van der Waals surface area contributed by atoms with Gasteiger partial charge in [-0.15, -0.1) is 4.72 Å². The molecule has 1 fully saturated rings. The zero-order valence-electron chi connectivity index (χ0n) is 23.2. The van der Waals surface area contributed by atoms with Gasteiger partial charge in [0, 0.05) is 22.5 Å². The van der Waals surface area contributed by atoms with Crippen molar-refractivity contribution in [2.24, 2.45) is 5.92 Å². The third-order valence-corrected chi connectivity index (χ3v) is 8.75. The van der Waals surface area contributed by atoms with Crippen LogP contribution in [0.3, 0.4) is 0 Å². The van der Waals surface area contributed by atoms with Gasteiger partial charge >= 0.3 is 6.09 Å². The van der Waals surface area contributed by atoms with E-state index in [9.17, 15) is 14.1 Å². The zero-order valence-corrected chi connectivity index (χ0v) is 24.0. The summed E-state index contributed by atoms with van der Waals surface area (Å²) in [6, 6.07) is 5.59. The average molecular weight is 530 g/mol. The molecule has 2 heterocycles. The molecule has 1 aromatic carbocycles. The molecular formula is C28H39N3O5S. The molecule has 2 unspecified atom stereocenters. The van der Waals surface area contributed by atoms with E-state index in [-0.39, 0.29) is 5.92 Å². The van der Waals surface area contributed by atoms with Gasteiger partial charge in [0.2, 0.25) is 0 Å². The van der Waals surface area contributed by atoms with Crippen molar-refractivity contribution in [3.05, 3.63) is 35.2 Å². The molecule has 2 aliphatic rings. The number of carbonyl (C=O) groups excluding carboxylic acids is 2. The van der Waals surface area contributed by atoms with Crippen LogP contribution in [0.1, 0.15) is 90.7 Å². The summed E-state index contributed by atoms with van der Waals surface area (Å²) in [4.78, 5) is 29.1. The fourth-order valence-corrected chi connectivity index (χ4v) is 6.36. The number of ether oxygens (including phenoxy) is 1. The van der Waals surface area contributed by atoms with Crippen LogP contribution in [0.25, 0.3) is 11.1 Å². The van der Waals surface area contributed by atoms with Gasteiger partial charge in [-0.25, -0.2) is 9.69 Å². The van der Waals surface area contributed by atoms with Crippen LogP contribution in [0, 0.1) is 19.8 Å². The van der Waals surface area contributed by atoms with Crippen LogP contribution in [0.15, 0.2) is 22.7 Å². The summed E-state index contributed by atoms with van der Waals surface area (Å²) in [7, 11) is 0. The second-order valence-electron chi connectivity index (χ2n) is 12.2. The summed E-state index contributed by atoms with van der Waals surface area (Å²) in [5.41, 5.74) is 1.40. The highest BCUT2D eigenvalue weighted by molar-refractivity contribution is 7.90. The van der Waals surface area contributed by atoms with Crippen molar-refractivity contribution in [3.8, 4) is 11.1 Å². The minimum absolute atomic E-state index is 0.133. The quantitative estimate of drug-likeness (QED) is 0.479. The number of imide groups is 1. The molecular weight excluding hydrogens is 490 g/mol. The topological polar surface area (TPSA) is 108 Å². The number of fused-ring (bicyclic) bond motifs is 1. The first kappa shape index (κ1) is 27.7. The number of anilines is 1. The van der Waals surface area contributed by atoms with Crippen molar-refractivity contribution < 1.29 is 23.4 Å². The van der Waals surface area contributed by atoms with E-state index in [1.165, 1.54) is 0 Å². The van der Waals surface area contributed by atoms with Crippen molar-refractivity contribution >= 4 is 29.0 Å². The molecule has 1 aliphatic carbocycles. The second kappa shape index (κ2) is 9.75. The van der Waals surface area contributed by atoms with Crippen LogP contribution in [0.4, 0.5) is 10.5 Å². The van der Waals surface area contributed by atoms with Crippen molar-refractivity contribution in [1.82, 2.24) is 9.88 Å². The highest BCUT2D eigenvalue weighted by Gasteiger charge is 2.61. The normalized spacial score (nSPS) is 21.8. The monoisotopic (exact) mass is 529 g/mol. The fraction of sp³-hybridized carbons (Fsp3) is 0.607. The van der Waals surface area contributed by atoms with E-state index >= 15 is 0 Å². The van der Waals surface area contributed by atoms with Gasteiger partial charge in [0.05, 0.1) is 11.4 Å². The van der Waals surface area contributed by atoms with Gasteiger partial charge in [-0.2, -0.15) is 0 Å². The van der Waals surface area contributed by atoms with Gasteiger partial charge in [0.15, 0.2) is 5.54 Å². The SMILES string of the molecule is Cc1noc(C)c1-c1ccc2c(c1)C(N[S+]([O-])C(C)(C)C)(C1CCCCC1)C(=O)N2C(=O)OC(C)(C)C. The maximum absolute atomic E-state index is 14.5. The van der Waals surface area contributed by atoms with Crippen LogP contribution in [-0.2, 0) is 26.4 Å². The lowest BCUT2D eigenvalue weighted by Crippen LogP contribution is -2.61. The second-order valence-corrected chi connectivity index (χ2v) is 14.1. The molecule has 4 rings (SSSR count). The molecule has 1 N–H and O–H groups in total. The lowest BCUT2D eigenvalue weighted by atomic mass is 9.71. The van der Waals surface area contributed by atoms with E-state index in [0.29, 0.717) is 17.0 Å². The van der Waals surface area contributed by atoms with Crippen molar-refractivity contribution in [1.29, 1.82) is 0 Å². The van der Waals surface area contributed by atoms with Gasteiger partial charge < -0.3 is 13.8 Å². The van der Waals surface area contributed by atoms with Crippen molar-refractivity contribution in [2.75, 3.05) is 4.90 Å². The summed E-state index contributed by atoms with van der Waals surface area (Å²) in [5.74, 6) is 0.101. The van der Waals surface area contributed by atoms with Gasteiger partial charge in [-0.1, -0.05) is 30.5 Å². The van der Waals surface area contributed by atoms with Crippen molar-refractivity contribution in [2.45, 2.75) is 103 Å². The highest BCUT2D eigenvalue weighted by Crippen LogP contribution is 2.51. The van der Waals surface area contributed by atoms with Crippen LogP contribution in [-0.4, -0.2) is 32.1 Å². The van der Waals surface area contributed by atoms with Gasteiger partial charge in [-0.05, 0) is 91.8 Å². The van der Waals surface area contributed by atoms with E-state index in [4.69, 9.17) is 9.26 Å². The van der Waals surface area contributed by atoms with E-state index in [1.54, 1.807) is 26.8 Å². The summed E-state index contributed by atoms with van der Waals surface area (Å²) in [6.45, 7) is 14.7. The van der Waals surface area contributed by atoms with Crippen LogP contribution in [0.2, 0.25) is 0 Å². The minimum atomic E-state index is -1.58. The Labute approximate surface area is 222 Å². The first-order valence-corrected chi connectivity index (χ1v) is 14.2. The predicted octanol–water partition coefficient (Wildman–Crippen LogP) is 6.07. The maximum atomic E-state index is 14.5. The van der Waals surface area contributed by atoms with Crippen molar-refractivity contribution in [3.63, 3.8) is 0 Å². The summed E-state index contributed by atoms with van der Waals surface area (Å²) >= 11 is -1.58. The van der Waals surface area contributed by atoms with Crippen LogP contribution in [0.5, 0.6) is 0 Å². The number of amides is 2. The first-order valence-electron chi connectivity index (χ1n) is 13.0. The molecule has 1 saturated carbocycles. The Balaban J connectivity index is 1.96. The summed E-state index contributed by atoms with van der Waals surface area (Å²) < 4.78 is 27.4. The molecule has 9 heteroatoms. The number of nitrogens with zero attached hydrogens (tertiary/aromatic N) is 2. The van der Waals surface area contributed by atoms with E-state index < -0.39 is 39.2 Å². The molecule has 0 bridgehead atoms. The third kappa shape index (κ3) is 5.05. The minimum Gasteiger partial charge on any atom is -0.598 e. The van der Waals surface area contributed by atoms with Gasteiger partial charge in [-0.3, -0.25) is 4.79 Å². The standard InChI is InChI=1S/C28H39N3O5S/c1-17-23(18(2)36-29-17)19-14-15-22-21(16-19)28(20-12-10-9-11-13-20,30-37(34)27(6,7)8)24(32)31(22)25(33)35-26(3,4)5/h14-16,20,30H,9-13H2,1-8H3. The van der Waals surface area contributed by atoms with Crippen LogP contribution < -0.4 is 9.62 Å². The molecule has 0 saturated heterocycles. The summed E-state index contributed by atoms with van der Waals surface area (Å²) in [5, 5.41) is 4.10. The Hall–Kier alpha value is -2.36. The number of benzene rings is 1. The molecule has 202 valence electrons. The molecule has 8 nitrogen and oxygen atoms in total. The summed E-state index contributed by atoms with van der Waals surface area (Å²) in [6.07, 6.45) is 3.87. The van der Waals surface area contributed by atoms with E-state index in [1.807, 2.05) is 46.8 Å². The number of nitrogens with one attached hydrogen (secondary N) is 1. The Morgan fingerprint density at radius 2 is 1.81 bits per heavy atom. The van der Waals surface area contributed by atoms with Crippen LogP contribution >= 0.6 is 0 Å². The smallest absolute Gasteiger partial charge is 0.421 e. The van der Waals surface area contributed by atoms with E-state index in [0.717, 1.165) is 53.8 Å². The number of hydrogen-bond donors (Lipinski definition) is 1. The molecule has 2 atom stereocenters. The zero-order chi connectivity index (χ0) is 27.3. The number of aromatic nitrogens is 1. The van der Waals surface area contributed by atoms with Gasteiger partial charge in [0.25, 0.3) is 5.91 Å². The van der Waals surface area contributed by atoms with Gasteiger partial charge in [0.1, 0.15) is 16.1 Å². The Morgan fingerprint density at radius 1 is 1.16 bits per heavy atom. The highest BCUT2D eigenvalue weighted by atomic mass is 32.2. The molecule has 1 aromatic heterocycles. The lowest BCUT2D eigenvalue weighted by Gasteiger charge is -2.40. The maximum Gasteiger partial charge on any atom is 0.421 e. The average Bonchev–Trinajstić information content (AvgIpc) is 3.26. The molecule has 0 radical (unpaired) electrons. The number of hydrogen-bond acceptors (Lipinski definition) is 7. The number of carbonyl (C=O) groups is 2. The largest absolute Gasteiger partial charge is 0.598 e. The first-order chi connectivity index (χ1) is 17.2. The lowest BCUT2D eigenvalue weighted by molar-refractivity contribution is -0.126. The molecule has 37 heavy (non-hydrogen) atoms. The predicted molar refractivity (Wildman–Crippen MR) is 144 cm³/mol. The fourth-order valence-electron chi connectivity index (χ4n) is 5.40. The number of aryl methyl sites for hydroxylation is 2. The third-order valence-electron chi connectivity index (χ3n) is 7.13. The number of rotatable bonds is 4. The van der Waals surface area contributed by atoms with E-state index in [2.05, 4.69) is 9.88 Å². The molecule has 1 aliphatic heterocycles.